The number of nitrogens with zero attached hydrogens (tertiary/aromatic N) is 1. The Morgan fingerprint density at radius 3 is 2.42 bits per heavy atom. The van der Waals surface area contributed by atoms with E-state index in [9.17, 15) is 13.2 Å². The van der Waals surface area contributed by atoms with Crippen molar-refractivity contribution in [3.05, 3.63) is 52.6 Å². The number of halogens is 1. The van der Waals surface area contributed by atoms with Crippen LogP contribution in [0.4, 0.5) is 0 Å². The normalized spacial score (nSPS) is 17.5. The Labute approximate surface area is 146 Å². The zero-order chi connectivity index (χ0) is 18.1. The molecule has 0 spiro atoms. The van der Waals surface area contributed by atoms with Gasteiger partial charge in [-0.25, -0.2) is 0 Å². The number of oxime groups is 1. The largest absolute Gasteiger partial charge is 0.358 e. The fourth-order valence-electron chi connectivity index (χ4n) is 2.11. The summed E-state index contributed by atoms with van der Waals surface area (Å²) in [5.41, 5.74) is 0.982. The van der Waals surface area contributed by atoms with Gasteiger partial charge in [0, 0.05) is 10.6 Å². The SMILES string of the molecule is CC1=CC(=O)C(C(C)(C)C)=C/C1=N\OS(=O)(=O)c1cccc(Cl)c1. The number of hydrogen-bond donors (Lipinski definition) is 0. The molecule has 1 aromatic rings. The molecule has 0 bridgehead atoms. The Bertz CT molecular complexity index is 874. The quantitative estimate of drug-likeness (QED) is 0.599. The van der Waals surface area contributed by atoms with E-state index in [0.717, 1.165) is 0 Å². The van der Waals surface area contributed by atoms with Gasteiger partial charge >= 0.3 is 10.1 Å². The van der Waals surface area contributed by atoms with Crippen molar-refractivity contribution in [3.8, 4) is 0 Å². The zero-order valence-electron chi connectivity index (χ0n) is 13.8. The first-order valence-corrected chi connectivity index (χ1v) is 9.02. The molecule has 0 saturated carbocycles. The lowest BCUT2D eigenvalue weighted by atomic mass is 9.80. The predicted octanol–water partition coefficient (Wildman–Crippen LogP) is 3.90. The van der Waals surface area contributed by atoms with E-state index in [2.05, 4.69) is 5.16 Å². The number of carbonyl (C=O) groups excluding carboxylic acids is 1. The third-order valence-corrected chi connectivity index (χ3v) is 4.76. The van der Waals surface area contributed by atoms with Crippen LogP contribution in [0.5, 0.6) is 0 Å². The number of ketones is 1. The first-order valence-electron chi connectivity index (χ1n) is 7.23. The topological polar surface area (TPSA) is 72.8 Å². The van der Waals surface area contributed by atoms with Gasteiger partial charge in [0.1, 0.15) is 10.6 Å². The van der Waals surface area contributed by atoms with Crippen molar-refractivity contribution in [1.29, 1.82) is 0 Å². The average molecular weight is 368 g/mol. The van der Waals surface area contributed by atoms with Crippen LogP contribution >= 0.6 is 11.6 Å². The third-order valence-electron chi connectivity index (χ3n) is 3.42. The summed E-state index contributed by atoms with van der Waals surface area (Å²) in [6, 6.07) is 5.71. The van der Waals surface area contributed by atoms with Crippen molar-refractivity contribution in [1.82, 2.24) is 0 Å². The van der Waals surface area contributed by atoms with E-state index in [4.69, 9.17) is 15.9 Å². The van der Waals surface area contributed by atoms with Crippen LogP contribution in [0.25, 0.3) is 0 Å². The molecule has 1 aliphatic carbocycles. The first kappa shape index (κ1) is 18.4. The summed E-state index contributed by atoms with van der Waals surface area (Å²) in [5, 5.41) is 4.01. The van der Waals surface area contributed by atoms with E-state index in [1.165, 1.54) is 24.3 Å². The molecule has 7 heteroatoms. The van der Waals surface area contributed by atoms with Gasteiger partial charge in [0.15, 0.2) is 5.78 Å². The fraction of sp³-hybridized carbons (Fsp3) is 0.294. The molecule has 0 radical (unpaired) electrons. The maximum absolute atomic E-state index is 12.2. The lowest BCUT2D eigenvalue weighted by molar-refractivity contribution is -0.112. The predicted molar refractivity (Wildman–Crippen MR) is 93.5 cm³/mol. The molecular weight excluding hydrogens is 350 g/mol. The second kappa shape index (κ2) is 6.53. The van der Waals surface area contributed by atoms with Gasteiger partial charge in [0.05, 0.1) is 0 Å². The molecular formula is C17H18ClNO4S. The van der Waals surface area contributed by atoms with Gasteiger partial charge in [0.2, 0.25) is 0 Å². The summed E-state index contributed by atoms with van der Waals surface area (Å²) >= 11 is 5.80. The summed E-state index contributed by atoms with van der Waals surface area (Å²) in [6.07, 6.45) is 2.99. The smallest absolute Gasteiger partial charge is 0.290 e. The number of hydrogen-bond acceptors (Lipinski definition) is 5. The van der Waals surface area contributed by atoms with Gasteiger partial charge in [-0.1, -0.05) is 43.6 Å². The molecule has 0 aromatic heterocycles. The Hall–Kier alpha value is -1.92. The van der Waals surface area contributed by atoms with Crippen molar-refractivity contribution in [2.45, 2.75) is 32.6 Å². The summed E-state index contributed by atoms with van der Waals surface area (Å²) in [4.78, 5) is 12.0. The fourth-order valence-corrected chi connectivity index (χ4v) is 3.15. The Balaban J connectivity index is 2.35. The molecule has 0 saturated heterocycles. The molecule has 0 N–H and O–H groups in total. The van der Waals surface area contributed by atoms with Crippen molar-refractivity contribution >= 4 is 33.2 Å². The highest BCUT2D eigenvalue weighted by Crippen LogP contribution is 2.30. The first-order chi connectivity index (χ1) is 11.0. The second-order valence-electron chi connectivity index (χ2n) is 6.46. The molecule has 2 rings (SSSR count). The van der Waals surface area contributed by atoms with E-state index in [-0.39, 0.29) is 21.1 Å². The molecule has 0 aliphatic heterocycles. The molecule has 0 fully saturated rings. The zero-order valence-corrected chi connectivity index (χ0v) is 15.4. The van der Waals surface area contributed by atoms with Crippen molar-refractivity contribution < 1.29 is 17.5 Å². The van der Waals surface area contributed by atoms with E-state index < -0.39 is 10.1 Å². The van der Waals surface area contributed by atoms with Crippen LogP contribution < -0.4 is 0 Å². The number of rotatable bonds is 3. The molecule has 0 heterocycles. The van der Waals surface area contributed by atoms with Crippen LogP contribution in [-0.4, -0.2) is 19.9 Å². The maximum Gasteiger partial charge on any atom is 0.358 e. The number of benzene rings is 1. The third kappa shape index (κ3) is 4.13. The van der Waals surface area contributed by atoms with Crippen LogP contribution in [0.2, 0.25) is 5.02 Å². The van der Waals surface area contributed by atoms with Gasteiger partial charge in [-0.15, -0.1) is 0 Å². The minimum absolute atomic E-state index is 0.0899. The molecule has 0 unspecified atom stereocenters. The van der Waals surface area contributed by atoms with E-state index >= 15 is 0 Å². The van der Waals surface area contributed by atoms with Crippen LogP contribution in [0, 0.1) is 5.41 Å². The molecule has 0 amide bonds. The number of allylic oxidation sites excluding steroid dienone is 4. The molecule has 1 aromatic carbocycles. The average Bonchev–Trinajstić information content (AvgIpc) is 2.45. The van der Waals surface area contributed by atoms with Gasteiger partial charge < -0.3 is 0 Å². The Morgan fingerprint density at radius 2 is 1.83 bits per heavy atom. The van der Waals surface area contributed by atoms with Crippen LogP contribution in [-0.2, 0) is 19.2 Å². The standard InChI is InChI=1S/C17H18ClNO4S/c1-11-8-16(20)14(17(2,3)4)10-15(11)19-23-24(21,22)13-7-5-6-12(18)9-13/h5-10H,1-4H3/b19-15+. The van der Waals surface area contributed by atoms with Crippen molar-refractivity contribution in [3.63, 3.8) is 0 Å². The maximum atomic E-state index is 12.2. The van der Waals surface area contributed by atoms with Crippen LogP contribution in [0.1, 0.15) is 27.7 Å². The molecule has 5 nitrogen and oxygen atoms in total. The molecule has 1 aliphatic rings. The minimum Gasteiger partial charge on any atom is -0.290 e. The van der Waals surface area contributed by atoms with E-state index in [1.807, 2.05) is 20.8 Å². The van der Waals surface area contributed by atoms with Gasteiger partial charge in [-0.3, -0.25) is 9.08 Å². The number of carbonyl (C=O) groups is 1. The molecule has 0 atom stereocenters. The van der Waals surface area contributed by atoms with Crippen molar-refractivity contribution in [2.75, 3.05) is 0 Å². The molecule has 128 valence electrons. The lowest BCUT2D eigenvalue weighted by Crippen LogP contribution is -2.22. The van der Waals surface area contributed by atoms with Crippen LogP contribution in [0.3, 0.4) is 0 Å². The van der Waals surface area contributed by atoms with E-state index in [0.29, 0.717) is 16.9 Å². The van der Waals surface area contributed by atoms with E-state index in [1.54, 1.807) is 19.1 Å². The second-order valence-corrected chi connectivity index (χ2v) is 8.43. The Morgan fingerprint density at radius 1 is 1.17 bits per heavy atom. The molecule has 24 heavy (non-hydrogen) atoms. The highest BCUT2D eigenvalue weighted by Gasteiger charge is 2.27. The van der Waals surface area contributed by atoms with Gasteiger partial charge in [-0.2, -0.15) is 8.42 Å². The van der Waals surface area contributed by atoms with Crippen molar-refractivity contribution in [2.24, 2.45) is 10.6 Å². The minimum atomic E-state index is -4.09. The monoisotopic (exact) mass is 367 g/mol. The van der Waals surface area contributed by atoms with Crippen LogP contribution in [0.15, 0.2) is 57.6 Å². The summed E-state index contributed by atoms with van der Waals surface area (Å²) in [5.74, 6) is -0.114. The van der Waals surface area contributed by atoms with Gasteiger partial charge in [-0.05, 0) is 48.3 Å². The summed E-state index contributed by atoms with van der Waals surface area (Å²) in [6.45, 7) is 7.35. The summed E-state index contributed by atoms with van der Waals surface area (Å²) in [7, 11) is -4.09. The highest BCUT2D eigenvalue weighted by atomic mass is 35.5. The highest BCUT2D eigenvalue weighted by molar-refractivity contribution is 7.86. The van der Waals surface area contributed by atoms with Gasteiger partial charge in [0.25, 0.3) is 0 Å². The summed E-state index contributed by atoms with van der Waals surface area (Å²) < 4.78 is 29.1. The Kier molecular flexibility index (Phi) is 5.01. The lowest BCUT2D eigenvalue weighted by Gasteiger charge is -2.23.